The number of nitrogens with zero attached hydrogens (tertiary/aromatic N) is 3. The Bertz CT molecular complexity index is 1430. The highest BCUT2D eigenvalue weighted by atomic mass is 16.5. The molecule has 1 N–H and O–H groups in total. The van der Waals surface area contributed by atoms with E-state index >= 15 is 0 Å². The van der Waals surface area contributed by atoms with Crippen molar-refractivity contribution in [1.82, 2.24) is 15.3 Å². The van der Waals surface area contributed by atoms with Crippen LogP contribution in [-0.4, -0.2) is 41.5 Å². The first-order chi connectivity index (χ1) is 20.9. The molecule has 1 aromatic carbocycles. The lowest BCUT2D eigenvalue weighted by Gasteiger charge is -2.36. The maximum absolute atomic E-state index is 14.2. The predicted octanol–water partition coefficient (Wildman–Crippen LogP) is 6.93. The van der Waals surface area contributed by atoms with E-state index in [0.29, 0.717) is 30.1 Å². The third-order valence-corrected chi connectivity index (χ3v) is 9.69. The van der Waals surface area contributed by atoms with E-state index in [0.717, 1.165) is 87.1 Å². The highest BCUT2D eigenvalue weighted by Gasteiger charge is 2.34. The highest BCUT2D eigenvalue weighted by Crippen LogP contribution is 2.41. The topological polar surface area (TPSA) is 97.6 Å². The van der Waals surface area contributed by atoms with Crippen molar-refractivity contribution in [1.29, 1.82) is 0 Å². The molecular weight excluding hydrogens is 540 g/mol. The summed E-state index contributed by atoms with van der Waals surface area (Å²) in [5, 5.41) is 3.04. The van der Waals surface area contributed by atoms with Crippen LogP contribution in [0.2, 0.25) is 0 Å². The van der Waals surface area contributed by atoms with Gasteiger partial charge in [-0.3, -0.25) is 14.5 Å². The molecule has 3 fully saturated rings. The van der Waals surface area contributed by atoms with Crippen molar-refractivity contribution in [3.63, 3.8) is 0 Å². The number of aromatic nitrogens is 2. The number of aryl methyl sites for hydroxylation is 1. The van der Waals surface area contributed by atoms with Crippen LogP contribution in [0.3, 0.4) is 0 Å². The fourth-order valence-corrected chi connectivity index (χ4v) is 7.04. The fraction of sp³-hybridized carbons (Fsp3) is 0.543. The quantitative estimate of drug-likeness (QED) is 0.293. The number of anilines is 1. The second kappa shape index (κ2) is 12.9. The number of methoxy groups -OCH3 is 1. The maximum Gasteiger partial charge on any atom is 0.231 e. The van der Waals surface area contributed by atoms with Crippen molar-refractivity contribution in [2.45, 2.75) is 95.9 Å². The number of hydrogen-bond donors (Lipinski definition) is 1. The van der Waals surface area contributed by atoms with Crippen LogP contribution in [0, 0.1) is 18.8 Å². The number of nitrogens with one attached hydrogen (secondary N) is 1. The van der Waals surface area contributed by atoms with Gasteiger partial charge in [0.15, 0.2) is 5.89 Å². The van der Waals surface area contributed by atoms with Gasteiger partial charge in [0.25, 0.3) is 0 Å². The standard InChI is InChI=1S/C35H44N4O4/c1-22-18-28(12-15-32(22)42-3)25-6-4-24(5-7-25)20-39(35(41)27-10-13-30(14-11-27)37-23(2)40)33-19-29(16-17-36-33)31-21-43-34(38-31)26-8-9-26/h12,15-19,21,24-27,30H,4-11,13-14,20H2,1-3H3,(H,37,40). The Morgan fingerprint density at radius 1 is 0.977 bits per heavy atom. The van der Waals surface area contributed by atoms with E-state index in [2.05, 4.69) is 30.4 Å². The van der Waals surface area contributed by atoms with Gasteiger partial charge in [0.05, 0.1) is 7.11 Å². The first-order valence-corrected chi connectivity index (χ1v) is 16.0. The van der Waals surface area contributed by atoms with Gasteiger partial charge >= 0.3 is 0 Å². The number of benzene rings is 1. The molecule has 228 valence electrons. The molecular formula is C35H44N4O4. The molecule has 6 rings (SSSR count). The summed E-state index contributed by atoms with van der Waals surface area (Å²) >= 11 is 0. The van der Waals surface area contributed by atoms with E-state index in [1.165, 1.54) is 11.1 Å². The van der Waals surface area contributed by atoms with Gasteiger partial charge in [-0.15, -0.1) is 0 Å². The third kappa shape index (κ3) is 6.94. The Kier molecular flexibility index (Phi) is 8.82. The number of oxazole rings is 1. The van der Waals surface area contributed by atoms with Crippen LogP contribution in [0.5, 0.6) is 5.75 Å². The van der Waals surface area contributed by atoms with Gasteiger partial charge in [-0.05, 0) is 112 Å². The van der Waals surface area contributed by atoms with Crippen molar-refractivity contribution < 1.29 is 18.7 Å². The summed E-state index contributed by atoms with van der Waals surface area (Å²) in [6.45, 7) is 4.33. The summed E-state index contributed by atoms with van der Waals surface area (Å²) in [5.41, 5.74) is 4.28. The Hall–Kier alpha value is -3.68. The van der Waals surface area contributed by atoms with E-state index in [-0.39, 0.29) is 23.8 Å². The first-order valence-electron chi connectivity index (χ1n) is 16.0. The molecule has 3 aromatic rings. The predicted molar refractivity (Wildman–Crippen MR) is 166 cm³/mol. The maximum atomic E-state index is 14.2. The normalized spacial score (nSPS) is 23.9. The summed E-state index contributed by atoms with van der Waals surface area (Å²) in [5.74, 6) is 3.89. The van der Waals surface area contributed by atoms with Crippen LogP contribution in [0.15, 0.2) is 47.2 Å². The summed E-state index contributed by atoms with van der Waals surface area (Å²) in [6, 6.07) is 10.7. The number of amides is 2. The Morgan fingerprint density at radius 2 is 1.72 bits per heavy atom. The Morgan fingerprint density at radius 3 is 2.40 bits per heavy atom. The van der Waals surface area contributed by atoms with Crippen LogP contribution >= 0.6 is 0 Å². The van der Waals surface area contributed by atoms with Gasteiger partial charge in [-0.25, -0.2) is 9.97 Å². The molecule has 0 spiro atoms. The van der Waals surface area contributed by atoms with Crippen molar-refractivity contribution in [3.8, 4) is 17.0 Å². The lowest BCUT2D eigenvalue weighted by molar-refractivity contribution is -0.123. The van der Waals surface area contributed by atoms with E-state index in [1.807, 2.05) is 17.0 Å². The van der Waals surface area contributed by atoms with Gasteiger partial charge in [0, 0.05) is 43.1 Å². The first kappa shape index (κ1) is 29.4. The van der Waals surface area contributed by atoms with Gasteiger partial charge in [-0.2, -0.15) is 0 Å². The molecule has 0 radical (unpaired) electrons. The SMILES string of the molecule is COc1ccc(C2CCC(CN(C(=O)C3CCC(NC(C)=O)CC3)c3cc(-c4coc(C5CC5)n4)ccn3)CC2)cc1C. The lowest BCUT2D eigenvalue weighted by Crippen LogP contribution is -2.44. The smallest absolute Gasteiger partial charge is 0.231 e. The Balaban J connectivity index is 1.18. The molecule has 8 heteroatoms. The van der Waals surface area contributed by atoms with Gasteiger partial charge in [0.2, 0.25) is 11.8 Å². The Labute approximate surface area is 254 Å². The monoisotopic (exact) mass is 584 g/mol. The van der Waals surface area contributed by atoms with E-state index < -0.39 is 0 Å². The van der Waals surface area contributed by atoms with Gasteiger partial charge in [0.1, 0.15) is 23.5 Å². The number of ether oxygens (including phenoxy) is 1. The molecule has 43 heavy (non-hydrogen) atoms. The number of carbonyl (C=O) groups is 2. The van der Waals surface area contributed by atoms with Crippen molar-refractivity contribution >= 4 is 17.6 Å². The van der Waals surface area contributed by atoms with Crippen LogP contribution in [-0.2, 0) is 9.59 Å². The average Bonchev–Trinajstić information content (AvgIpc) is 3.76. The second-order valence-electron chi connectivity index (χ2n) is 12.9. The van der Waals surface area contributed by atoms with Crippen LogP contribution in [0.25, 0.3) is 11.3 Å². The summed E-state index contributed by atoms with van der Waals surface area (Å²) in [7, 11) is 1.72. The van der Waals surface area contributed by atoms with Crippen LogP contribution < -0.4 is 15.0 Å². The van der Waals surface area contributed by atoms with Gasteiger partial charge < -0.3 is 14.5 Å². The lowest BCUT2D eigenvalue weighted by atomic mass is 9.78. The van der Waals surface area contributed by atoms with Crippen molar-refractivity contribution in [2.75, 3.05) is 18.6 Å². The van der Waals surface area contributed by atoms with E-state index in [9.17, 15) is 9.59 Å². The summed E-state index contributed by atoms with van der Waals surface area (Å²) in [6.07, 6.45) is 13.3. The number of carbonyl (C=O) groups excluding carboxylic acids is 2. The minimum absolute atomic E-state index is 0.00415. The van der Waals surface area contributed by atoms with E-state index in [1.54, 1.807) is 26.5 Å². The molecule has 3 aliphatic rings. The molecule has 0 unspecified atom stereocenters. The zero-order valence-corrected chi connectivity index (χ0v) is 25.7. The number of pyridine rings is 1. The highest BCUT2D eigenvalue weighted by molar-refractivity contribution is 5.94. The number of rotatable bonds is 9. The molecule has 2 aromatic heterocycles. The number of hydrogen-bond acceptors (Lipinski definition) is 6. The summed E-state index contributed by atoms with van der Waals surface area (Å²) < 4.78 is 11.2. The van der Waals surface area contributed by atoms with Gasteiger partial charge in [-0.1, -0.05) is 12.1 Å². The zero-order valence-electron chi connectivity index (χ0n) is 25.7. The molecule has 0 saturated heterocycles. The molecule has 0 aliphatic heterocycles. The van der Waals surface area contributed by atoms with Crippen molar-refractivity contribution in [2.24, 2.45) is 11.8 Å². The molecule has 2 amide bonds. The molecule has 3 aliphatic carbocycles. The summed E-state index contributed by atoms with van der Waals surface area (Å²) in [4.78, 5) is 37.2. The van der Waals surface area contributed by atoms with Crippen LogP contribution in [0.1, 0.15) is 100.0 Å². The van der Waals surface area contributed by atoms with Crippen LogP contribution in [0.4, 0.5) is 5.82 Å². The second-order valence-corrected chi connectivity index (χ2v) is 12.9. The molecule has 8 nitrogen and oxygen atoms in total. The molecule has 0 bridgehead atoms. The molecule has 0 atom stereocenters. The largest absolute Gasteiger partial charge is 0.496 e. The fourth-order valence-electron chi connectivity index (χ4n) is 7.04. The molecule has 2 heterocycles. The zero-order chi connectivity index (χ0) is 29.9. The third-order valence-electron chi connectivity index (χ3n) is 9.69. The minimum Gasteiger partial charge on any atom is -0.496 e. The van der Waals surface area contributed by atoms with Crippen molar-refractivity contribution in [3.05, 3.63) is 59.8 Å². The average molecular weight is 585 g/mol. The minimum atomic E-state index is -0.0670. The van der Waals surface area contributed by atoms with E-state index in [4.69, 9.17) is 19.1 Å². The molecule has 3 saturated carbocycles.